The topological polar surface area (TPSA) is 75.3 Å². The van der Waals surface area contributed by atoms with Crippen molar-refractivity contribution in [3.63, 3.8) is 0 Å². The average Bonchev–Trinajstić information content (AvgIpc) is 2.81. The second-order valence-corrected chi connectivity index (χ2v) is 3.89. The largest absolute Gasteiger partial charge is 0.396 e. The highest BCUT2D eigenvalue weighted by Gasteiger charge is 1.98. The Morgan fingerprint density at radius 2 is 2.06 bits per heavy atom. The van der Waals surface area contributed by atoms with Crippen molar-refractivity contribution in [2.45, 2.75) is 25.7 Å². The molecule has 0 unspecified atom stereocenters. The molecule has 0 atom stereocenters. The van der Waals surface area contributed by atoms with Gasteiger partial charge in [-0.1, -0.05) is 12.8 Å². The van der Waals surface area contributed by atoms with Crippen molar-refractivity contribution >= 4 is 11.5 Å². The molecule has 2 aromatic rings. The van der Waals surface area contributed by atoms with E-state index < -0.39 is 0 Å². The maximum absolute atomic E-state index is 8.64. The molecule has 0 spiro atoms. The maximum Gasteiger partial charge on any atom is 0.176 e. The van der Waals surface area contributed by atoms with E-state index in [2.05, 4.69) is 20.5 Å². The zero-order valence-electron chi connectivity index (χ0n) is 9.71. The van der Waals surface area contributed by atoms with Gasteiger partial charge in [0.2, 0.25) is 0 Å². The number of aromatic nitrogens is 4. The van der Waals surface area contributed by atoms with Gasteiger partial charge >= 0.3 is 0 Å². The quantitative estimate of drug-likeness (QED) is 0.703. The summed E-state index contributed by atoms with van der Waals surface area (Å²) in [5, 5.41) is 20.1. The van der Waals surface area contributed by atoms with E-state index in [1.807, 2.05) is 12.1 Å². The minimum Gasteiger partial charge on any atom is -0.396 e. The fourth-order valence-electron chi connectivity index (χ4n) is 1.62. The maximum atomic E-state index is 8.64. The smallest absolute Gasteiger partial charge is 0.176 e. The predicted molar refractivity (Wildman–Crippen MR) is 64.8 cm³/mol. The first-order valence-electron chi connectivity index (χ1n) is 5.92. The normalized spacial score (nSPS) is 10.9. The van der Waals surface area contributed by atoms with Crippen molar-refractivity contribution in [2.24, 2.45) is 0 Å². The molecule has 2 heterocycles. The highest BCUT2D eigenvalue weighted by atomic mass is 16.2. The number of nitrogens with one attached hydrogen (secondary N) is 1. The molecule has 0 saturated heterocycles. The van der Waals surface area contributed by atoms with E-state index in [0.717, 1.165) is 43.7 Å². The fourth-order valence-corrected chi connectivity index (χ4v) is 1.62. The summed E-state index contributed by atoms with van der Waals surface area (Å²) in [7, 11) is 0. The molecule has 2 aromatic heterocycles. The van der Waals surface area contributed by atoms with Crippen molar-refractivity contribution in [3.8, 4) is 0 Å². The van der Waals surface area contributed by atoms with Crippen molar-refractivity contribution in [3.05, 3.63) is 18.5 Å². The van der Waals surface area contributed by atoms with Crippen LogP contribution in [-0.4, -0.2) is 38.1 Å². The minimum absolute atomic E-state index is 0.290. The SMILES string of the molecule is OCCCCCCNc1ccc2ncnn2n1. The molecule has 2 rings (SSSR count). The number of hydrogen-bond acceptors (Lipinski definition) is 5. The van der Waals surface area contributed by atoms with Crippen molar-refractivity contribution in [1.82, 2.24) is 19.8 Å². The summed E-state index contributed by atoms with van der Waals surface area (Å²) in [5.41, 5.74) is 0.749. The third kappa shape index (κ3) is 3.39. The third-order valence-electron chi connectivity index (χ3n) is 2.54. The molecule has 0 amide bonds. The number of nitrogens with zero attached hydrogens (tertiary/aromatic N) is 4. The molecule has 0 aromatic carbocycles. The van der Waals surface area contributed by atoms with Crippen LogP contribution in [0, 0.1) is 0 Å². The van der Waals surface area contributed by atoms with E-state index in [1.165, 1.54) is 11.0 Å². The summed E-state index contributed by atoms with van der Waals surface area (Å²) in [6, 6.07) is 3.78. The van der Waals surface area contributed by atoms with Crippen molar-refractivity contribution in [1.29, 1.82) is 0 Å². The molecule has 0 fully saturated rings. The number of aliphatic hydroxyl groups is 1. The Bertz CT molecular complexity index is 456. The molecule has 0 aliphatic carbocycles. The lowest BCUT2D eigenvalue weighted by atomic mass is 10.2. The van der Waals surface area contributed by atoms with Gasteiger partial charge in [-0.3, -0.25) is 0 Å². The first-order valence-corrected chi connectivity index (χ1v) is 5.92. The molecule has 2 N–H and O–H groups in total. The monoisotopic (exact) mass is 235 g/mol. The summed E-state index contributed by atoms with van der Waals surface area (Å²) in [6.07, 6.45) is 5.66. The summed E-state index contributed by atoms with van der Waals surface area (Å²) in [4.78, 5) is 4.03. The lowest BCUT2D eigenvalue weighted by molar-refractivity contribution is 0.283. The van der Waals surface area contributed by atoms with E-state index in [0.29, 0.717) is 0 Å². The van der Waals surface area contributed by atoms with E-state index in [-0.39, 0.29) is 6.61 Å². The van der Waals surface area contributed by atoms with Crippen LogP contribution in [0.25, 0.3) is 5.65 Å². The highest BCUT2D eigenvalue weighted by Crippen LogP contribution is 2.05. The van der Waals surface area contributed by atoms with Crippen molar-refractivity contribution < 1.29 is 5.11 Å². The third-order valence-corrected chi connectivity index (χ3v) is 2.54. The molecule has 17 heavy (non-hydrogen) atoms. The van der Waals surface area contributed by atoms with Crippen LogP contribution in [-0.2, 0) is 0 Å². The number of fused-ring (bicyclic) bond motifs is 1. The second kappa shape index (κ2) is 6.15. The summed E-state index contributed by atoms with van der Waals surface area (Å²) >= 11 is 0. The van der Waals surface area contributed by atoms with Crippen LogP contribution in [0.5, 0.6) is 0 Å². The van der Waals surface area contributed by atoms with Gasteiger partial charge in [-0.2, -0.15) is 0 Å². The molecule has 0 bridgehead atoms. The van der Waals surface area contributed by atoms with Crippen LogP contribution in [0.15, 0.2) is 18.5 Å². The van der Waals surface area contributed by atoms with E-state index >= 15 is 0 Å². The summed E-state index contributed by atoms with van der Waals surface area (Å²) < 4.78 is 1.51. The molecule has 6 heteroatoms. The van der Waals surface area contributed by atoms with Gasteiger partial charge in [0.1, 0.15) is 12.1 Å². The highest BCUT2D eigenvalue weighted by molar-refractivity contribution is 5.42. The standard InChI is InChI=1S/C11H17N5O/c17-8-4-2-1-3-7-12-10-5-6-11-13-9-14-16(11)15-10/h5-6,9,17H,1-4,7-8H2,(H,12,15). The molecule has 92 valence electrons. The van der Waals surface area contributed by atoms with Crippen LogP contribution < -0.4 is 5.32 Å². The number of hydrogen-bond donors (Lipinski definition) is 2. The Labute approximate surface area is 99.7 Å². The Morgan fingerprint density at radius 3 is 2.94 bits per heavy atom. The first kappa shape index (κ1) is 11.8. The van der Waals surface area contributed by atoms with Gasteiger partial charge in [-0.15, -0.1) is 14.8 Å². The molecule has 0 aliphatic rings. The first-order chi connectivity index (χ1) is 8.40. The summed E-state index contributed by atoms with van der Waals surface area (Å²) in [6.45, 7) is 1.18. The Kier molecular flexibility index (Phi) is 4.26. The number of unbranched alkanes of at least 4 members (excludes halogenated alkanes) is 3. The molecule has 0 radical (unpaired) electrons. The van der Waals surface area contributed by atoms with Gasteiger partial charge in [0.25, 0.3) is 0 Å². The van der Waals surface area contributed by atoms with Gasteiger partial charge in [0, 0.05) is 13.2 Å². The van der Waals surface area contributed by atoms with Crippen LogP contribution in [0.3, 0.4) is 0 Å². The Morgan fingerprint density at radius 1 is 1.18 bits per heavy atom. The van der Waals surface area contributed by atoms with Crippen molar-refractivity contribution in [2.75, 3.05) is 18.5 Å². The van der Waals surface area contributed by atoms with Crippen LogP contribution >= 0.6 is 0 Å². The predicted octanol–water partition coefficient (Wildman–Crippen LogP) is 1.09. The molecule has 6 nitrogen and oxygen atoms in total. The number of aliphatic hydroxyl groups excluding tert-OH is 1. The van der Waals surface area contributed by atoms with Gasteiger partial charge < -0.3 is 10.4 Å². The lowest BCUT2D eigenvalue weighted by Crippen LogP contribution is -2.06. The molecular weight excluding hydrogens is 218 g/mol. The second-order valence-electron chi connectivity index (χ2n) is 3.89. The van der Waals surface area contributed by atoms with E-state index in [1.54, 1.807) is 0 Å². The minimum atomic E-state index is 0.290. The van der Waals surface area contributed by atoms with Gasteiger partial charge in [-0.25, -0.2) is 4.98 Å². The zero-order valence-corrected chi connectivity index (χ0v) is 9.71. The summed E-state index contributed by atoms with van der Waals surface area (Å²) in [5.74, 6) is 0.810. The van der Waals surface area contributed by atoms with Crippen LogP contribution in [0.2, 0.25) is 0 Å². The van der Waals surface area contributed by atoms with E-state index in [9.17, 15) is 0 Å². The number of rotatable bonds is 7. The molecule has 0 aliphatic heterocycles. The lowest BCUT2D eigenvalue weighted by Gasteiger charge is -2.04. The van der Waals surface area contributed by atoms with Gasteiger partial charge in [0.05, 0.1) is 0 Å². The van der Waals surface area contributed by atoms with Gasteiger partial charge in [-0.05, 0) is 25.0 Å². The fraction of sp³-hybridized carbons (Fsp3) is 0.545. The van der Waals surface area contributed by atoms with E-state index in [4.69, 9.17) is 5.11 Å². The van der Waals surface area contributed by atoms with Crippen LogP contribution in [0.4, 0.5) is 5.82 Å². The number of anilines is 1. The zero-order chi connectivity index (χ0) is 11.9. The Balaban J connectivity index is 1.75. The molecule has 0 saturated carbocycles. The van der Waals surface area contributed by atoms with Crippen LogP contribution in [0.1, 0.15) is 25.7 Å². The van der Waals surface area contributed by atoms with Gasteiger partial charge in [0.15, 0.2) is 5.65 Å². The molecular formula is C11H17N5O. The Hall–Kier alpha value is -1.69. The average molecular weight is 235 g/mol.